The Labute approximate surface area is 238 Å². The predicted octanol–water partition coefficient (Wildman–Crippen LogP) is 9.28. The molecular formula is C35H43NO4. The zero-order chi connectivity index (χ0) is 28.2. The van der Waals surface area contributed by atoms with E-state index in [0.717, 1.165) is 30.0 Å². The van der Waals surface area contributed by atoms with Crippen molar-refractivity contribution in [3.63, 3.8) is 0 Å². The Balaban J connectivity index is 1.16. The molecular weight excluding hydrogens is 498 g/mol. The third-order valence-corrected chi connectivity index (χ3v) is 7.86. The Morgan fingerprint density at radius 3 is 1.90 bits per heavy atom. The molecule has 1 aliphatic heterocycles. The van der Waals surface area contributed by atoms with E-state index >= 15 is 0 Å². The number of hydrogen-bond acceptors (Lipinski definition) is 4. The first-order valence-electron chi connectivity index (χ1n) is 15.3. The largest absolute Gasteiger partial charge is 0.462 e. The van der Waals surface area contributed by atoms with E-state index in [-0.39, 0.29) is 11.5 Å². The van der Waals surface area contributed by atoms with Crippen LogP contribution in [0.25, 0.3) is 10.8 Å². The monoisotopic (exact) mass is 541 g/mol. The van der Waals surface area contributed by atoms with Crippen molar-refractivity contribution in [2.24, 2.45) is 0 Å². The Hall–Kier alpha value is -3.47. The topological polar surface area (TPSA) is 63.7 Å². The molecule has 0 aromatic heterocycles. The van der Waals surface area contributed by atoms with Crippen LogP contribution in [0.4, 0.5) is 5.69 Å². The Bertz CT molecular complexity index is 1290. The van der Waals surface area contributed by atoms with E-state index in [9.17, 15) is 14.4 Å². The summed E-state index contributed by atoms with van der Waals surface area (Å²) in [5, 5.41) is 1.77. The van der Waals surface area contributed by atoms with Gasteiger partial charge in [-0.25, -0.2) is 9.69 Å². The highest BCUT2D eigenvalue weighted by Gasteiger charge is 2.38. The summed E-state index contributed by atoms with van der Waals surface area (Å²) in [4.78, 5) is 40.3. The molecule has 212 valence electrons. The van der Waals surface area contributed by atoms with Gasteiger partial charge in [0.05, 0.1) is 29.0 Å². The summed E-state index contributed by atoms with van der Waals surface area (Å²) in [6.45, 7) is 2.63. The molecule has 1 heterocycles. The molecule has 0 saturated carbocycles. The number of fused-ring (bicyclic) bond motifs is 2. The first-order valence-corrected chi connectivity index (χ1v) is 15.3. The van der Waals surface area contributed by atoms with Crippen LogP contribution in [0, 0.1) is 0 Å². The van der Waals surface area contributed by atoms with Crippen LogP contribution >= 0.6 is 0 Å². The Kier molecular flexibility index (Phi) is 11.3. The molecule has 40 heavy (non-hydrogen) atoms. The fourth-order valence-corrected chi connectivity index (χ4v) is 5.53. The maximum atomic E-state index is 13.3. The molecule has 5 nitrogen and oxygen atoms in total. The quantitative estimate of drug-likeness (QED) is 0.0970. The molecule has 0 N–H and O–H groups in total. The van der Waals surface area contributed by atoms with Gasteiger partial charge in [0.15, 0.2) is 0 Å². The van der Waals surface area contributed by atoms with E-state index in [1.165, 1.54) is 81.6 Å². The molecule has 0 spiro atoms. The minimum atomic E-state index is -0.457. The average Bonchev–Trinajstić information content (AvgIpc) is 3.23. The third-order valence-electron chi connectivity index (χ3n) is 7.86. The molecule has 0 bridgehead atoms. The van der Waals surface area contributed by atoms with E-state index < -0.39 is 11.9 Å². The molecule has 0 saturated heterocycles. The van der Waals surface area contributed by atoms with E-state index in [4.69, 9.17) is 4.74 Å². The highest BCUT2D eigenvalue weighted by atomic mass is 16.5. The summed E-state index contributed by atoms with van der Waals surface area (Å²) in [6, 6.07) is 17.8. The standard InChI is InChI=1S/C35H43NO4/c1-2-3-4-5-6-7-8-9-10-11-12-13-14-17-25-40-35(39)28-23-24-30-31(26-28)34(38)36(33(30)37)32-22-18-20-27-19-15-16-21-29(27)32/h15-16,18-24,26H,2-14,17,25H2,1H3. The van der Waals surface area contributed by atoms with Crippen LogP contribution in [-0.4, -0.2) is 24.4 Å². The van der Waals surface area contributed by atoms with Crippen molar-refractivity contribution in [2.45, 2.75) is 96.8 Å². The number of benzene rings is 3. The maximum Gasteiger partial charge on any atom is 0.338 e. The van der Waals surface area contributed by atoms with Crippen LogP contribution in [0.5, 0.6) is 0 Å². The molecule has 0 radical (unpaired) electrons. The zero-order valence-electron chi connectivity index (χ0n) is 24.0. The number of anilines is 1. The summed E-state index contributed by atoms with van der Waals surface area (Å²) >= 11 is 0. The second kappa shape index (κ2) is 15.4. The lowest BCUT2D eigenvalue weighted by molar-refractivity contribution is 0.0497. The number of nitrogens with zero attached hydrogens (tertiary/aromatic N) is 1. The first kappa shape index (κ1) is 29.5. The van der Waals surface area contributed by atoms with Gasteiger partial charge < -0.3 is 4.74 Å². The number of hydrogen-bond donors (Lipinski definition) is 0. The predicted molar refractivity (Wildman–Crippen MR) is 162 cm³/mol. The molecule has 5 heteroatoms. The van der Waals surface area contributed by atoms with Gasteiger partial charge in [-0.15, -0.1) is 0 Å². The van der Waals surface area contributed by atoms with Crippen molar-refractivity contribution in [1.29, 1.82) is 0 Å². The third kappa shape index (κ3) is 7.59. The number of amides is 2. The average molecular weight is 542 g/mol. The molecule has 4 rings (SSSR count). The molecule has 1 aliphatic rings. The first-order chi connectivity index (χ1) is 19.6. The summed E-state index contributed by atoms with van der Waals surface area (Å²) in [6.07, 6.45) is 17.8. The lowest BCUT2D eigenvalue weighted by Crippen LogP contribution is -2.29. The summed E-state index contributed by atoms with van der Waals surface area (Å²) in [5.41, 5.74) is 1.39. The van der Waals surface area contributed by atoms with Crippen molar-refractivity contribution in [2.75, 3.05) is 11.5 Å². The normalized spacial score (nSPS) is 12.8. The van der Waals surface area contributed by atoms with Crippen molar-refractivity contribution in [3.8, 4) is 0 Å². The van der Waals surface area contributed by atoms with Crippen LogP contribution < -0.4 is 4.90 Å². The number of carbonyl (C=O) groups is 3. The van der Waals surface area contributed by atoms with Gasteiger partial charge in [-0.05, 0) is 36.1 Å². The highest BCUT2D eigenvalue weighted by molar-refractivity contribution is 6.36. The lowest BCUT2D eigenvalue weighted by Gasteiger charge is -2.16. The van der Waals surface area contributed by atoms with Crippen molar-refractivity contribution in [3.05, 3.63) is 77.4 Å². The number of ether oxygens (including phenoxy) is 1. The van der Waals surface area contributed by atoms with Crippen LogP contribution in [0.3, 0.4) is 0 Å². The summed E-state index contributed by atoms with van der Waals surface area (Å²) in [5.74, 6) is -1.25. The van der Waals surface area contributed by atoms with E-state index in [1.807, 2.05) is 36.4 Å². The lowest BCUT2D eigenvalue weighted by atomic mass is 10.0. The second-order valence-electron chi connectivity index (χ2n) is 10.9. The highest BCUT2D eigenvalue weighted by Crippen LogP contribution is 2.34. The number of esters is 1. The molecule has 0 atom stereocenters. The van der Waals surface area contributed by atoms with Gasteiger partial charge >= 0.3 is 5.97 Å². The molecule has 3 aromatic rings. The van der Waals surface area contributed by atoms with Crippen molar-refractivity contribution < 1.29 is 19.1 Å². The van der Waals surface area contributed by atoms with E-state index in [2.05, 4.69) is 6.92 Å². The Morgan fingerprint density at radius 2 is 1.23 bits per heavy atom. The van der Waals surface area contributed by atoms with Gasteiger partial charge in [0, 0.05) is 5.39 Å². The fraction of sp³-hybridized carbons (Fsp3) is 0.457. The second-order valence-corrected chi connectivity index (χ2v) is 10.9. The van der Waals surface area contributed by atoms with E-state index in [1.54, 1.807) is 18.2 Å². The van der Waals surface area contributed by atoms with Crippen molar-refractivity contribution >= 4 is 34.2 Å². The van der Waals surface area contributed by atoms with Crippen molar-refractivity contribution in [1.82, 2.24) is 0 Å². The number of rotatable bonds is 17. The minimum absolute atomic E-state index is 0.240. The maximum absolute atomic E-state index is 13.3. The van der Waals surface area contributed by atoms with Crippen LogP contribution in [0.2, 0.25) is 0 Å². The smallest absolute Gasteiger partial charge is 0.338 e. The minimum Gasteiger partial charge on any atom is -0.462 e. The zero-order valence-corrected chi connectivity index (χ0v) is 24.0. The summed E-state index contributed by atoms with van der Waals surface area (Å²) in [7, 11) is 0. The van der Waals surface area contributed by atoms with Gasteiger partial charge in [0.2, 0.25) is 0 Å². The van der Waals surface area contributed by atoms with E-state index in [0.29, 0.717) is 23.4 Å². The SMILES string of the molecule is CCCCCCCCCCCCCCCCOC(=O)c1ccc2c(c1)C(=O)N(c1cccc3ccccc13)C2=O. The van der Waals surface area contributed by atoms with Crippen LogP contribution in [0.1, 0.15) is 128 Å². The Morgan fingerprint density at radius 1 is 0.650 bits per heavy atom. The van der Waals surface area contributed by atoms with Gasteiger partial charge in [0.1, 0.15) is 0 Å². The van der Waals surface area contributed by atoms with Gasteiger partial charge in [-0.1, -0.05) is 127 Å². The van der Waals surface area contributed by atoms with Gasteiger partial charge in [-0.3, -0.25) is 9.59 Å². The molecule has 3 aromatic carbocycles. The molecule has 2 amide bonds. The fourth-order valence-electron chi connectivity index (χ4n) is 5.53. The molecule has 0 unspecified atom stereocenters. The number of carbonyl (C=O) groups excluding carboxylic acids is 3. The van der Waals surface area contributed by atoms with Gasteiger partial charge in [0.25, 0.3) is 11.8 Å². The molecule has 0 aliphatic carbocycles. The van der Waals surface area contributed by atoms with Crippen LogP contribution in [0.15, 0.2) is 60.7 Å². The van der Waals surface area contributed by atoms with Gasteiger partial charge in [-0.2, -0.15) is 0 Å². The number of imide groups is 1. The number of unbranched alkanes of at least 4 members (excludes halogenated alkanes) is 13. The summed E-state index contributed by atoms with van der Waals surface area (Å²) < 4.78 is 5.48. The van der Waals surface area contributed by atoms with Crippen LogP contribution in [-0.2, 0) is 4.74 Å². The molecule has 0 fully saturated rings.